The molecule has 5 heteroatoms. The summed E-state index contributed by atoms with van der Waals surface area (Å²) < 4.78 is 18.6. The molecular weight excluding hydrogens is 223 g/mol. The van der Waals surface area contributed by atoms with Gasteiger partial charge in [0.05, 0.1) is 18.5 Å². The van der Waals surface area contributed by atoms with E-state index in [1.807, 2.05) is 0 Å². The Hall–Kier alpha value is -1.20. The fourth-order valence-electron chi connectivity index (χ4n) is 2.00. The number of aliphatic hydroxyl groups excluding tert-OH is 1. The topological polar surface area (TPSA) is 54.4 Å². The minimum atomic E-state index is -0.368. The molecule has 1 aromatic heterocycles. The summed E-state index contributed by atoms with van der Waals surface area (Å²) in [5, 5.41) is 12.5. The van der Waals surface area contributed by atoms with Crippen LogP contribution in [0.2, 0.25) is 0 Å². The number of hydrogen-bond acceptors (Lipinski definition) is 4. The molecular formula is C12H17FN2O2. The summed E-state index contributed by atoms with van der Waals surface area (Å²) in [6.07, 6.45) is 4.31. The minimum absolute atomic E-state index is 0.0933. The number of anilines is 1. The van der Waals surface area contributed by atoms with Gasteiger partial charge in [-0.25, -0.2) is 4.39 Å². The van der Waals surface area contributed by atoms with Crippen LogP contribution >= 0.6 is 0 Å². The van der Waals surface area contributed by atoms with Gasteiger partial charge in [-0.1, -0.05) is 0 Å². The first-order valence-corrected chi connectivity index (χ1v) is 5.78. The van der Waals surface area contributed by atoms with Crippen molar-refractivity contribution in [2.75, 3.05) is 31.7 Å². The highest BCUT2D eigenvalue weighted by atomic mass is 19.1. The van der Waals surface area contributed by atoms with Gasteiger partial charge in [0.2, 0.25) is 0 Å². The predicted octanol–water partition coefficient (Wildman–Crippen LogP) is 1.42. The SMILES string of the molecule is OCC1(CNc2ccncc2F)CCOCC1. The number of pyridine rings is 1. The van der Waals surface area contributed by atoms with Crippen molar-refractivity contribution in [2.45, 2.75) is 12.8 Å². The van der Waals surface area contributed by atoms with E-state index in [-0.39, 0.29) is 17.8 Å². The van der Waals surface area contributed by atoms with E-state index in [9.17, 15) is 9.50 Å². The minimum Gasteiger partial charge on any atom is -0.396 e. The average Bonchev–Trinajstić information content (AvgIpc) is 2.39. The first-order valence-electron chi connectivity index (χ1n) is 5.78. The third kappa shape index (κ3) is 2.92. The van der Waals surface area contributed by atoms with Gasteiger partial charge in [0.25, 0.3) is 0 Å². The molecule has 0 aliphatic carbocycles. The fourth-order valence-corrected chi connectivity index (χ4v) is 2.00. The third-order valence-electron chi connectivity index (χ3n) is 3.32. The Morgan fingerprint density at radius 2 is 2.24 bits per heavy atom. The maximum Gasteiger partial charge on any atom is 0.164 e. The summed E-state index contributed by atoms with van der Waals surface area (Å²) in [6, 6.07) is 1.60. The number of ether oxygens (including phenoxy) is 1. The largest absolute Gasteiger partial charge is 0.396 e. The standard InChI is InChI=1S/C12H17FN2O2/c13-10-7-14-4-1-11(10)15-8-12(9-16)2-5-17-6-3-12/h1,4,7,16H,2-3,5-6,8-9H2,(H,14,15). The normalized spacial score (nSPS) is 18.9. The van der Waals surface area contributed by atoms with Crippen molar-refractivity contribution in [1.29, 1.82) is 0 Å². The summed E-state index contributed by atoms with van der Waals surface area (Å²) >= 11 is 0. The van der Waals surface area contributed by atoms with Crippen molar-refractivity contribution in [3.63, 3.8) is 0 Å². The Balaban J connectivity index is 1.98. The molecule has 0 atom stereocenters. The van der Waals surface area contributed by atoms with E-state index in [0.717, 1.165) is 12.8 Å². The predicted molar refractivity (Wildman–Crippen MR) is 62.3 cm³/mol. The van der Waals surface area contributed by atoms with Crippen LogP contribution in [0.15, 0.2) is 18.5 Å². The second kappa shape index (κ2) is 5.42. The first kappa shape index (κ1) is 12.3. The Bertz CT molecular complexity index is 367. The van der Waals surface area contributed by atoms with Gasteiger partial charge in [-0.2, -0.15) is 0 Å². The summed E-state index contributed by atoms with van der Waals surface area (Å²) in [5.41, 5.74) is 0.229. The molecule has 0 bridgehead atoms. The molecule has 0 saturated carbocycles. The second-order valence-electron chi connectivity index (χ2n) is 4.48. The van der Waals surface area contributed by atoms with Crippen molar-refractivity contribution in [3.8, 4) is 0 Å². The van der Waals surface area contributed by atoms with Crippen LogP contribution in [0, 0.1) is 11.2 Å². The lowest BCUT2D eigenvalue weighted by atomic mass is 9.81. The lowest BCUT2D eigenvalue weighted by molar-refractivity contribution is -0.00861. The molecule has 2 heterocycles. The second-order valence-corrected chi connectivity index (χ2v) is 4.48. The van der Waals surface area contributed by atoms with E-state index in [1.54, 1.807) is 12.3 Å². The van der Waals surface area contributed by atoms with Crippen LogP contribution < -0.4 is 5.32 Å². The van der Waals surface area contributed by atoms with Gasteiger partial charge in [-0.15, -0.1) is 0 Å². The maximum absolute atomic E-state index is 13.4. The molecule has 1 aliphatic rings. The van der Waals surface area contributed by atoms with Crippen LogP contribution in [0.25, 0.3) is 0 Å². The zero-order chi connectivity index (χ0) is 12.1. The third-order valence-corrected chi connectivity index (χ3v) is 3.32. The van der Waals surface area contributed by atoms with Gasteiger partial charge in [0.1, 0.15) is 0 Å². The molecule has 1 fully saturated rings. The lowest BCUT2D eigenvalue weighted by Gasteiger charge is -2.35. The molecule has 0 aromatic carbocycles. The molecule has 1 aliphatic heterocycles. The van der Waals surface area contributed by atoms with Gasteiger partial charge >= 0.3 is 0 Å². The average molecular weight is 240 g/mol. The highest BCUT2D eigenvalue weighted by molar-refractivity contribution is 5.42. The highest BCUT2D eigenvalue weighted by Crippen LogP contribution is 2.30. The molecule has 0 unspecified atom stereocenters. The van der Waals surface area contributed by atoms with E-state index < -0.39 is 0 Å². The molecule has 0 radical (unpaired) electrons. The van der Waals surface area contributed by atoms with Crippen LogP contribution in [0.1, 0.15) is 12.8 Å². The smallest absolute Gasteiger partial charge is 0.164 e. The molecule has 0 amide bonds. The number of nitrogens with zero attached hydrogens (tertiary/aromatic N) is 1. The molecule has 2 rings (SSSR count). The fraction of sp³-hybridized carbons (Fsp3) is 0.583. The van der Waals surface area contributed by atoms with Crippen LogP contribution in [0.3, 0.4) is 0 Å². The Labute approximate surface area is 99.8 Å². The van der Waals surface area contributed by atoms with Gasteiger partial charge < -0.3 is 15.2 Å². The summed E-state index contributed by atoms with van der Waals surface area (Å²) in [7, 11) is 0. The molecule has 94 valence electrons. The van der Waals surface area contributed by atoms with Crippen molar-refractivity contribution >= 4 is 5.69 Å². The Kier molecular flexibility index (Phi) is 3.91. The molecule has 1 saturated heterocycles. The molecule has 17 heavy (non-hydrogen) atoms. The van der Waals surface area contributed by atoms with Crippen LogP contribution in [-0.2, 0) is 4.74 Å². The number of nitrogens with one attached hydrogen (secondary N) is 1. The molecule has 0 spiro atoms. The number of halogens is 1. The van der Waals surface area contributed by atoms with Crippen molar-refractivity contribution in [2.24, 2.45) is 5.41 Å². The van der Waals surface area contributed by atoms with Gasteiger partial charge in [-0.05, 0) is 18.9 Å². The Morgan fingerprint density at radius 3 is 2.88 bits per heavy atom. The quantitative estimate of drug-likeness (QED) is 0.835. The van der Waals surface area contributed by atoms with Crippen LogP contribution in [0.5, 0.6) is 0 Å². The van der Waals surface area contributed by atoms with Crippen molar-refractivity contribution in [3.05, 3.63) is 24.3 Å². The lowest BCUT2D eigenvalue weighted by Crippen LogP contribution is -2.39. The molecule has 4 nitrogen and oxygen atoms in total. The van der Waals surface area contributed by atoms with E-state index in [1.165, 1.54) is 6.20 Å². The molecule has 1 aromatic rings. The summed E-state index contributed by atoms with van der Waals surface area (Å²) in [4.78, 5) is 3.69. The summed E-state index contributed by atoms with van der Waals surface area (Å²) in [6.45, 7) is 1.95. The van der Waals surface area contributed by atoms with Crippen LogP contribution in [-0.4, -0.2) is 36.5 Å². The van der Waals surface area contributed by atoms with E-state index >= 15 is 0 Å². The zero-order valence-corrected chi connectivity index (χ0v) is 9.66. The van der Waals surface area contributed by atoms with Crippen molar-refractivity contribution in [1.82, 2.24) is 4.98 Å². The monoisotopic (exact) mass is 240 g/mol. The number of aliphatic hydroxyl groups is 1. The molecule has 2 N–H and O–H groups in total. The zero-order valence-electron chi connectivity index (χ0n) is 9.66. The van der Waals surface area contributed by atoms with E-state index in [2.05, 4.69) is 10.3 Å². The van der Waals surface area contributed by atoms with E-state index in [0.29, 0.717) is 25.4 Å². The summed E-state index contributed by atoms with van der Waals surface area (Å²) in [5.74, 6) is -0.368. The highest BCUT2D eigenvalue weighted by Gasteiger charge is 2.31. The van der Waals surface area contributed by atoms with Gasteiger partial charge in [-0.3, -0.25) is 4.98 Å². The number of rotatable bonds is 4. The van der Waals surface area contributed by atoms with Crippen molar-refractivity contribution < 1.29 is 14.2 Å². The van der Waals surface area contributed by atoms with Crippen LogP contribution in [0.4, 0.5) is 10.1 Å². The van der Waals surface area contributed by atoms with E-state index in [4.69, 9.17) is 4.74 Å². The number of aromatic nitrogens is 1. The first-order chi connectivity index (χ1) is 8.26. The number of hydrogen-bond donors (Lipinski definition) is 2. The van der Waals surface area contributed by atoms with Gasteiger partial charge in [0, 0.05) is 31.4 Å². The Morgan fingerprint density at radius 1 is 1.47 bits per heavy atom. The maximum atomic E-state index is 13.4. The van der Waals surface area contributed by atoms with Gasteiger partial charge in [0.15, 0.2) is 5.82 Å².